The zero-order valence-electron chi connectivity index (χ0n) is 9.34. The quantitative estimate of drug-likeness (QED) is 0.783. The maximum Gasteiger partial charge on any atom is 0.401 e. The lowest BCUT2D eigenvalue weighted by Gasteiger charge is -2.23. The van der Waals surface area contributed by atoms with E-state index in [0.717, 1.165) is 12.8 Å². The normalized spacial score (nSPS) is 16.3. The van der Waals surface area contributed by atoms with Crippen molar-refractivity contribution in [1.82, 2.24) is 9.88 Å². The number of rotatable bonds is 4. The summed E-state index contributed by atoms with van der Waals surface area (Å²) in [5.41, 5.74) is 0.567. The van der Waals surface area contributed by atoms with Crippen LogP contribution in [0, 0.1) is 0 Å². The molecule has 0 N–H and O–H groups in total. The second kappa shape index (κ2) is 5.23. The Labute approximate surface area is 113 Å². The van der Waals surface area contributed by atoms with Crippen molar-refractivity contribution in [3.05, 3.63) is 28.0 Å². The first kappa shape index (κ1) is 13.9. The van der Waals surface area contributed by atoms with Gasteiger partial charge in [-0.1, -0.05) is 23.2 Å². The van der Waals surface area contributed by atoms with Gasteiger partial charge in [0.1, 0.15) is 5.15 Å². The number of pyridine rings is 1. The Morgan fingerprint density at radius 3 is 2.50 bits per heavy atom. The van der Waals surface area contributed by atoms with E-state index in [0.29, 0.717) is 10.6 Å². The molecule has 0 aliphatic heterocycles. The van der Waals surface area contributed by atoms with Crippen LogP contribution in [-0.4, -0.2) is 28.6 Å². The summed E-state index contributed by atoms with van der Waals surface area (Å²) in [6, 6.07) is 1.44. The van der Waals surface area contributed by atoms with Gasteiger partial charge in [0.2, 0.25) is 0 Å². The van der Waals surface area contributed by atoms with Crippen LogP contribution in [-0.2, 0) is 6.54 Å². The van der Waals surface area contributed by atoms with Gasteiger partial charge in [-0.25, -0.2) is 4.98 Å². The molecule has 1 aromatic heterocycles. The van der Waals surface area contributed by atoms with Gasteiger partial charge in [0.15, 0.2) is 0 Å². The van der Waals surface area contributed by atoms with E-state index in [4.69, 9.17) is 23.2 Å². The Morgan fingerprint density at radius 1 is 1.33 bits per heavy atom. The average molecular weight is 299 g/mol. The molecule has 1 aromatic rings. The molecule has 0 bridgehead atoms. The van der Waals surface area contributed by atoms with E-state index < -0.39 is 12.7 Å². The van der Waals surface area contributed by atoms with Crippen molar-refractivity contribution in [2.75, 3.05) is 6.54 Å². The van der Waals surface area contributed by atoms with Crippen LogP contribution < -0.4 is 0 Å². The molecule has 0 radical (unpaired) electrons. The maximum atomic E-state index is 12.4. The third kappa shape index (κ3) is 4.00. The first-order valence-electron chi connectivity index (χ1n) is 5.46. The Morgan fingerprint density at radius 2 is 2.00 bits per heavy atom. The second-order valence-electron chi connectivity index (χ2n) is 4.35. The minimum absolute atomic E-state index is 0.00151. The largest absolute Gasteiger partial charge is 0.401 e. The molecule has 18 heavy (non-hydrogen) atoms. The molecule has 0 amide bonds. The van der Waals surface area contributed by atoms with Crippen LogP contribution in [0.25, 0.3) is 0 Å². The van der Waals surface area contributed by atoms with Crippen molar-refractivity contribution in [2.24, 2.45) is 0 Å². The van der Waals surface area contributed by atoms with E-state index in [1.807, 2.05) is 0 Å². The highest BCUT2D eigenvalue weighted by molar-refractivity contribution is 6.34. The topological polar surface area (TPSA) is 16.1 Å². The number of nitrogens with zero attached hydrogens (tertiary/aromatic N) is 2. The van der Waals surface area contributed by atoms with Gasteiger partial charge in [0.25, 0.3) is 0 Å². The van der Waals surface area contributed by atoms with E-state index in [9.17, 15) is 13.2 Å². The summed E-state index contributed by atoms with van der Waals surface area (Å²) in [7, 11) is 0. The minimum atomic E-state index is -4.20. The van der Waals surface area contributed by atoms with E-state index in [-0.39, 0.29) is 17.7 Å². The second-order valence-corrected chi connectivity index (χ2v) is 5.14. The van der Waals surface area contributed by atoms with Gasteiger partial charge in [0, 0.05) is 29.4 Å². The molecule has 0 aromatic carbocycles. The van der Waals surface area contributed by atoms with Crippen LogP contribution in [0.1, 0.15) is 18.4 Å². The predicted octanol–water partition coefficient (Wildman–Crippen LogP) is 3.92. The van der Waals surface area contributed by atoms with Crippen molar-refractivity contribution in [1.29, 1.82) is 0 Å². The monoisotopic (exact) mass is 298 g/mol. The lowest BCUT2D eigenvalue weighted by atomic mass is 10.2. The first-order chi connectivity index (χ1) is 8.35. The third-order valence-corrected chi connectivity index (χ3v) is 3.27. The van der Waals surface area contributed by atoms with Gasteiger partial charge in [-0.2, -0.15) is 13.2 Å². The molecule has 0 unspecified atom stereocenters. The lowest BCUT2D eigenvalue weighted by molar-refractivity contribution is -0.148. The predicted molar refractivity (Wildman–Crippen MR) is 63.7 cm³/mol. The van der Waals surface area contributed by atoms with E-state index in [2.05, 4.69) is 4.98 Å². The number of hydrogen-bond donors (Lipinski definition) is 0. The maximum absolute atomic E-state index is 12.4. The summed E-state index contributed by atoms with van der Waals surface area (Å²) in [5.74, 6) is 0. The average Bonchev–Trinajstić information content (AvgIpc) is 3.02. The first-order valence-corrected chi connectivity index (χ1v) is 6.21. The van der Waals surface area contributed by atoms with Crippen molar-refractivity contribution >= 4 is 23.2 Å². The van der Waals surface area contributed by atoms with Crippen LogP contribution in [0.3, 0.4) is 0 Å². The Balaban J connectivity index is 2.08. The summed E-state index contributed by atoms with van der Waals surface area (Å²) in [6.07, 6.45) is -1.17. The van der Waals surface area contributed by atoms with E-state index in [1.165, 1.54) is 17.2 Å². The van der Waals surface area contributed by atoms with Crippen molar-refractivity contribution in [3.8, 4) is 0 Å². The fourth-order valence-corrected chi connectivity index (χ4v) is 2.18. The molecule has 0 spiro atoms. The molecule has 1 saturated carbocycles. The molecule has 0 atom stereocenters. The van der Waals surface area contributed by atoms with Gasteiger partial charge in [-0.05, 0) is 18.9 Å². The summed E-state index contributed by atoms with van der Waals surface area (Å²) in [6.45, 7) is -0.774. The molecule has 1 aliphatic rings. The molecule has 1 heterocycles. The SMILES string of the molecule is FC(F)(F)CN(Cc1cnc(Cl)cc1Cl)C1CC1. The smallest absolute Gasteiger partial charge is 0.288 e. The fraction of sp³-hybridized carbons (Fsp3) is 0.545. The minimum Gasteiger partial charge on any atom is -0.288 e. The highest BCUT2D eigenvalue weighted by Crippen LogP contribution is 2.32. The van der Waals surface area contributed by atoms with Crippen LogP contribution in [0.15, 0.2) is 12.3 Å². The molecule has 2 rings (SSSR count). The Hall–Kier alpha value is -0.520. The van der Waals surface area contributed by atoms with Gasteiger partial charge in [-0.15, -0.1) is 0 Å². The summed E-state index contributed by atoms with van der Waals surface area (Å²) >= 11 is 11.6. The highest BCUT2D eigenvalue weighted by atomic mass is 35.5. The summed E-state index contributed by atoms with van der Waals surface area (Å²) in [4.78, 5) is 5.23. The fourth-order valence-electron chi connectivity index (χ4n) is 1.75. The molecule has 2 nitrogen and oxygen atoms in total. The molecule has 0 saturated heterocycles. The van der Waals surface area contributed by atoms with Crippen LogP contribution >= 0.6 is 23.2 Å². The molecule has 100 valence electrons. The van der Waals surface area contributed by atoms with Crippen molar-refractivity contribution in [3.63, 3.8) is 0 Å². The Bertz CT molecular complexity index is 433. The number of alkyl halides is 3. The van der Waals surface area contributed by atoms with E-state index >= 15 is 0 Å². The van der Waals surface area contributed by atoms with Gasteiger partial charge in [-0.3, -0.25) is 4.90 Å². The molecule has 7 heteroatoms. The van der Waals surface area contributed by atoms with E-state index in [1.54, 1.807) is 0 Å². The lowest BCUT2D eigenvalue weighted by Crippen LogP contribution is -2.35. The molecular weight excluding hydrogens is 288 g/mol. The summed E-state index contributed by atoms with van der Waals surface area (Å²) < 4.78 is 37.3. The van der Waals surface area contributed by atoms with Crippen LogP contribution in [0.4, 0.5) is 13.2 Å². The standard InChI is InChI=1S/C11H11Cl2F3N2/c12-9-3-10(13)17-4-7(9)5-18(8-1-2-8)6-11(14,15)16/h3-4,8H,1-2,5-6H2. The van der Waals surface area contributed by atoms with Crippen molar-refractivity contribution < 1.29 is 13.2 Å². The zero-order chi connectivity index (χ0) is 13.3. The number of hydrogen-bond acceptors (Lipinski definition) is 2. The van der Waals surface area contributed by atoms with Crippen molar-refractivity contribution in [2.45, 2.75) is 31.6 Å². The van der Waals surface area contributed by atoms with Gasteiger partial charge in [0.05, 0.1) is 6.54 Å². The Kier molecular flexibility index (Phi) is 4.04. The third-order valence-electron chi connectivity index (χ3n) is 2.72. The number of aromatic nitrogens is 1. The van der Waals surface area contributed by atoms with Gasteiger partial charge < -0.3 is 0 Å². The zero-order valence-corrected chi connectivity index (χ0v) is 10.9. The molecular formula is C11H11Cl2F3N2. The molecule has 1 aliphatic carbocycles. The number of halogens is 5. The summed E-state index contributed by atoms with van der Waals surface area (Å²) in [5, 5.41) is 0.584. The molecule has 1 fully saturated rings. The van der Waals surface area contributed by atoms with Gasteiger partial charge >= 0.3 is 6.18 Å². The van der Waals surface area contributed by atoms with Crippen LogP contribution in [0.5, 0.6) is 0 Å². The highest BCUT2D eigenvalue weighted by Gasteiger charge is 2.38. The van der Waals surface area contributed by atoms with Crippen LogP contribution in [0.2, 0.25) is 10.2 Å².